The Balaban J connectivity index is 1.99. The number of benzene rings is 2. The molecule has 116 valence electrons. The highest BCUT2D eigenvalue weighted by molar-refractivity contribution is 6.42. The van der Waals surface area contributed by atoms with E-state index in [2.05, 4.69) is 5.32 Å². The summed E-state index contributed by atoms with van der Waals surface area (Å²) in [7, 11) is 1.55. The first kappa shape index (κ1) is 16.6. The summed E-state index contributed by atoms with van der Waals surface area (Å²) in [5, 5.41) is 13.5. The van der Waals surface area contributed by atoms with Crippen molar-refractivity contribution < 1.29 is 14.6 Å². The normalized spacial score (nSPS) is 11.8. The van der Waals surface area contributed by atoms with Crippen molar-refractivity contribution in [1.82, 2.24) is 5.32 Å². The smallest absolute Gasteiger partial charge is 0.251 e. The van der Waals surface area contributed by atoms with E-state index in [1.165, 1.54) is 6.07 Å². The molecule has 1 unspecified atom stereocenters. The Morgan fingerprint density at radius 3 is 2.68 bits per heavy atom. The monoisotopic (exact) mass is 339 g/mol. The molecule has 4 nitrogen and oxygen atoms in total. The Kier molecular flexibility index (Phi) is 5.66. The number of hydrogen-bond donors (Lipinski definition) is 2. The molecule has 0 radical (unpaired) electrons. The average molecular weight is 340 g/mol. The number of methoxy groups -OCH3 is 1. The first-order valence-corrected chi connectivity index (χ1v) is 7.32. The van der Waals surface area contributed by atoms with Gasteiger partial charge in [-0.25, -0.2) is 0 Å². The summed E-state index contributed by atoms with van der Waals surface area (Å²) in [6, 6.07) is 11.6. The number of carbonyl (C=O) groups is 1. The third-order valence-corrected chi connectivity index (χ3v) is 3.86. The average Bonchev–Trinajstić information content (AvgIpc) is 2.54. The van der Waals surface area contributed by atoms with Crippen molar-refractivity contribution >= 4 is 29.1 Å². The zero-order valence-electron chi connectivity index (χ0n) is 11.8. The van der Waals surface area contributed by atoms with Gasteiger partial charge in [-0.15, -0.1) is 0 Å². The summed E-state index contributed by atoms with van der Waals surface area (Å²) in [6.07, 6.45) is -0.832. The number of rotatable bonds is 5. The van der Waals surface area contributed by atoms with Crippen molar-refractivity contribution in [2.75, 3.05) is 13.7 Å². The summed E-state index contributed by atoms with van der Waals surface area (Å²) in [5.41, 5.74) is 1.04. The number of aliphatic hydroxyl groups excluding tert-OH is 1. The van der Waals surface area contributed by atoms with Crippen LogP contribution in [0.4, 0.5) is 0 Å². The molecule has 1 amide bonds. The van der Waals surface area contributed by atoms with Gasteiger partial charge in [0.15, 0.2) is 0 Å². The maximum atomic E-state index is 12.0. The summed E-state index contributed by atoms with van der Waals surface area (Å²) < 4.78 is 5.10. The predicted octanol–water partition coefficient (Wildman–Crippen LogP) is 3.47. The number of amides is 1. The molecule has 2 N–H and O–H groups in total. The molecule has 0 heterocycles. The van der Waals surface area contributed by atoms with Gasteiger partial charge in [-0.3, -0.25) is 4.79 Å². The van der Waals surface area contributed by atoms with Crippen molar-refractivity contribution in [3.8, 4) is 5.75 Å². The lowest BCUT2D eigenvalue weighted by atomic mass is 10.1. The molecule has 0 saturated heterocycles. The van der Waals surface area contributed by atoms with Gasteiger partial charge in [-0.2, -0.15) is 0 Å². The lowest BCUT2D eigenvalue weighted by molar-refractivity contribution is 0.0916. The maximum Gasteiger partial charge on any atom is 0.251 e. The molecular formula is C16H15Cl2NO3. The molecule has 0 aliphatic heterocycles. The number of halogens is 2. The molecule has 2 rings (SSSR count). The molecular weight excluding hydrogens is 325 g/mol. The van der Waals surface area contributed by atoms with E-state index in [-0.39, 0.29) is 12.5 Å². The van der Waals surface area contributed by atoms with Gasteiger partial charge in [-0.1, -0.05) is 35.3 Å². The summed E-state index contributed by atoms with van der Waals surface area (Å²) in [6.45, 7) is 0.0756. The lowest BCUT2D eigenvalue weighted by Crippen LogP contribution is -2.28. The van der Waals surface area contributed by atoms with E-state index < -0.39 is 6.10 Å². The van der Waals surface area contributed by atoms with Gasteiger partial charge in [0, 0.05) is 12.1 Å². The fraction of sp³-hybridized carbons (Fsp3) is 0.188. The summed E-state index contributed by atoms with van der Waals surface area (Å²) >= 11 is 11.7. The third kappa shape index (κ3) is 4.13. The summed E-state index contributed by atoms with van der Waals surface area (Å²) in [4.78, 5) is 12.0. The van der Waals surface area contributed by atoms with Crippen LogP contribution in [0, 0.1) is 0 Å². The second-order valence-corrected chi connectivity index (χ2v) is 5.45. The molecule has 0 spiro atoms. The Labute approximate surface area is 138 Å². The number of ether oxygens (including phenoxy) is 1. The van der Waals surface area contributed by atoms with Crippen molar-refractivity contribution in [2.45, 2.75) is 6.10 Å². The zero-order valence-corrected chi connectivity index (χ0v) is 13.4. The van der Waals surface area contributed by atoms with E-state index in [1.54, 1.807) is 43.5 Å². The van der Waals surface area contributed by atoms with Gasteiger partial charge in [0.1, 0.15) is 5.75 Å². The molecule has 6 heteroatoms. The van der Waals surface area contributed by atoms with Crippen LogP contribution in [0.3, 0.4) is 0 Å². The highest BCUT2D eigenvalue weighted by atomic mass is 35.5. The predicted molar refractivity (Wildman–Crippen MR) is 86.7 cm³/mol. The standard InChI is InChI=1S/C16H15Cl2NO3/c1-22-12-4-2-3-10(7-12)15(20)9-19-16(21)11-5-6-13(17)14(18)8-11/h2-8,15,20H,9H2,1H3,(H,19,21). The molecule has 0 aromatic heterocycles. The minimum atomic E-state index is -0.832. The molecule has 0 aliphatic carbocycles. The van der Waals surface area contributed by atoms with Crippen molar-refractivity contribution in [2.24, 2.45) is 0 Å². The molecule has 22 heavy (non-hydrogen) atoms. The highest BCUT2D eigenvalue weighted by Gasteiger charge is 2.12. The van der Waals surface area contributed by atoms with Gasteiger partial charge in [0.2, 0.25) is 0 Å². The molecule has 0 aliphatic rings. The van der Waals surface area contributed by atoms with Crippen molar-refractivity contribution in [3.63, 3.8) is 0 Å². The topological polar surface area (TPSA) is 58.6 Å². The molecule has 0 fully saturated rings. The fourth-order valence-electron chi connectivity index (χ4n) is 1.90. The van der Waals surface area contributed by atoms with Crippen LogP contribution < -0.4 is 10.1 Å². The number of aliphatic hydroxyl groups is 1. The van der Waals surface area contributed by atoms with Gasteiger partial charge in [-0.05, 0) is 35.9 Å². The van der Waals surface area contributed by atoms with E-state index in [0.29, 0.717) is 26.9 Å². The van der Waals surface area contributed by atoms with E-state index in [9.17, 15) is 9.90 Å². The number of carbonyl (C=O) groups excluding carboxylic acids is 1. The minimum absolute atomic E-state index is 0.0756. The number of hydrogen-bond acceptors (Lipinski definition) is 3. The first-order valence-electron chi connectivity index (χ1n) is 6.56. The molecule has 0 bridgehead atoms. The molecule has 2 aromatic carbocycles. The largest absolute Gasteiger partial charge is 0.497 e. The quantitative estimate of drug-likeness (QED) is 0.876. The van der Waals surface area contributed by atoms with Crippen LogP contribution in [0.15, 0.2) is 42.5 Å². The van der Waals surface area contributed by atoms with Crippen LogP contribution in [0.25, 0.3) is 0 Å². The van der Waals surface area contributed by atoms with Crippen LogP contribution >= 0.6 is 23.2 Å². The Morgan fingerprint density at radius 1 is 1.23 bits per heavy atom. The lowest BCUT2D eigenvalue weighted by Gasteiger charge is -2.13. The Hall–Kier alpha value is -1.75. The summed E-state index contributed by atoms with van der Waals surface area (Å²) in [5.74, 6) is 0.313. The van der Waals surface area contributed by atoms with Gasteiger partial charge in [0.25, 0.3) is 5.91 Å². The fourth-order valence-corrected chi connectivity index (χ4v) is 2.19. The Bertz CT molecular complexity index is 676. The van der Waals surface area contributed by atoms with Gasteiger partial charge >= 0.3 is 0 Å². The number of nitrogens with one attached hydrogen (secondary N) is 1. The maximum absolute atomic E-state index is 12.0. The van der Waals surface area contributed by atoms with Gasteiger partial charge < -0.3 is 15.2 Å². The van der Waals surface area contributed by atoms with E-state index >= 15 is 0 Å². The van der Waals surface area contributed by atoms with E-state index in [1.807, 2.05) is 0 Å². The van der Waals surface area contributed by atoms with Gasteiger partial charge in [0.05, 0.1) is 23.3 Å². The van der Waals surface area contributed by atoms with Crippen LogP contribution in [0.2, 0.25) is 10.0 Å². The minimum Gasteiger partial charge on any atom is -0.497 e. The molecule has 0 saturated carbocycles. The van der Waals surface area contributed by atoms with E-state index in [0.717, 1.165) is 0 Å². The second kappa shape index (κ2) is 7.49. The van der Waals surface area contributed by atoms with E-state index in [4.69, 9.17) is 27.9 Å². The molecule has 1 atom stereocenters. The van der Waals surface area contributed by atoms with Crippen LogP contribution in [-0.2, 0) is 0 Å². The third-order valence-electron chi connectivity index (χ3n) is 3.12. The zero-order chi connectivity index (χ0) is 16.1. The highest BCUT2D eigenvalue weighted by Crippen LogP contribution is 2.23. The first-order chi connectivity index (χ1) is 10.5. The van der Waals surface area contributed by atoms with Crippen LogP contribution in [0.1, 0.15) is 22.0 Å². The van der Waals surface area contributed by atoms with Crippen molar-refractivity contribution in [3.05, 3.63) is 63.6 Å². The Morgan fingerprint density at radius 2 is 2.00 bits per heavy atom. The molecule has 2 aromatic rings. The second-order valence-electron chi connectivity index (χ2n) is 4.63. The van der Waals surface area contributed by atoms with Crippen LogP contribution in [0.5, 0.6) is 5.75 Å². The van der Waals surface area contributed by atoms with Crippen molar-refractivity contribution in [1.29, 1.82) is 0 Å². The SMILES string of the molecule is COc1cccc(C(O)CNC(=O)c2ccc(Cl)c(Cl)c2)c1. The van der Waals surface area contributed by atoms with Crippen LogP contribution in [-0.4, -0.2) is 24.7 Å².